The molecule has 1 amide bonds. The average Bonchev–Trinajstić information content (AvgIpc) is 3.32. The number of hydrogen-bond acceptors (Lipinski definition) is 7. The summed E-state index contributed by atoms with van der Waals surface area (Å²) in [6.07, 6.45) is 1.97. The molecule has 1 saturated heterocycles. The number of hydrogen-bond donors (Lipinski definition) is 1. The predicted octanol–water partition coefficient (Wildman–Crippen LogP) is 0.997. The normalized spacial score (nSPS) is 20.6. The molecule has 2 aromatic rings. The third kappa shape index (κ3) is 4.26. The Hall–Kier alpha value is -2.19. The van der Waals surface area contributed by atoms with Gasteiger partial charge in [0.2, 0.25) is 17.7 Å². The summed E-state index contributed by atoms with van der Waals surface area (Å²) in [5.41, 5.74) is 0. The van der Waals surface area contributed by atoms with Crippen molar-refractivity contribution in [3.63, 3.8) is 0 Å². The number of carbonyl (C=O) groups is 1. The van der Waals surface area contributed by atoms with Crippen molar-refractivity contribution in [2.75, 3.05) is 19.6 Å². The Morgan fingerprint density at radius 2 is 2.28 bits per heavy atom. The van der Waals surface area contributed by atoms with Crippen molar-refractivity contribution in [3.05, 3.63) is 35.9 Å². The van der Waals surface area contributed by atoms with Crippen LogP contribution in [0.5, 0.6) is 0 Å². The Morgan fingerprint density at radius 1 is 1.44 bits per heavy atom. The second-order valence-electron chi connectivity index (χ2n) is 6.29. The molecule has 0 radical (unpaired) electrons. The molecule has 136 valence electrons. The van der Waals surface area contributed by atoms with Crippen LogP contribution in [-0.4, -0.2) is 62.8 Å². The van der Waals surface area contributed by atoms with E-state index < -0.39 is 6.10 Å². The molecule has 25 heavy (non-hydrogen) atoms. The zero-order valence-electron chi connectivity index (χ0n) is 14.6. The molecule has 0 spiro atoms. The highest BCUT2D eigenvalue weighted by atomic mass is 16.4. The Morgan fingerprint density at radius 3 is 2.92 bits per heavy atom. The Kier molecular flexibility index (Phi) is 5.50. The van der Waals surface area contributed by atoms with Crippen LogP contribution in [0.3, 0.4) is 0 Å². The van der Waals surface area contributed by atoms with Gasteiger partial charge >= 0.3 is 0 Å². The molecule has 1 aliphatic rings. The summed E-state index contributed by atoms with van der Waals surface area (Å²) in [6, 6.07) is 3.54. The predicted molar refractivity (Wildman–Crippen MR) is 88.5 cm³/mol. The minimum Gasteiger partial charge on any atom is -0.469 e. The molecule has 0 aromatic carbocycles. The lowest BCUT2D eigenvalue weighted by Crippen LogP contribution is -2.43. The number of aliphatic hydroxyl groups is 1. The standard InChI is InChI=1S/C17H24N4O4/c1-3-20(11-16-19-18-12(2)25-16)14-9-21(10-15(14)22)17(23)7-6-13-5-4-8-24-13/h4-5,8,14-15,22H,3,6-7,9-11H2,1-2H3/t14-,15+/m0/s1. The van der Waals surface area contributed by atoms with Crippen molar-refractivity contribution in [2.24, 2.45) is 0 Å². The molecule has 0 saturated carbocycles. The second kappa shape index (κ2) is 7.79. The van der Waals surface area contributed by atoms with Gasteiger partial charge in [0, 0.05) is 32.9 Å². The first-order chi connectivity index (χ1) is 12.1. The first-order valence-electron chi connectivity index (χ1n) is 8.58. The molecule has 1 aliphatic heterocycles. The highest BCUT2D eigenvalue weighted by molar-refractivity contribution is 5.76. The number of likely N-dealkylation sites (N-methyl/N-ethyl adjacent to an activating group) is 1. The maximum absolute atomic E-state index is 12.4. The lowest BCUT2D eigenvalue weighted by atomic mass is 10.2. The van der Waals surface area contributed by atoms with E-state index in [1.165, 1.54) is 0 Å². The summed E-state index contributed by atoms with van der Waals surface area (Å²) in [5.74, 6) is 1.87. The van der Waals surface area contributed by atoms with E-state index in [0.717, 1.165) is 12.3 Å². The van der Waals surface area contributed by atoms with Gasteiger partial charge in [-0.25, -0.2) is 0 Å². The zero-order chi connectivity index (χ0) is 17.8. The molecule has 3 heterocycles. The third-order valence-corrected chi connectivity index (χ3v) is 4.56. The van der Waals surface area contributed by atoms with Crippen molar-refractivity contribution in [1.82, 2.24) is 20.0 Å². The van der Waals surface area contributed by atoms with Crippen LogP contribution >= 0.6 is 0 Å². The SMILES string of the molecule is CCN(Cc1nnc(C)o1)[C@H]1CN(C(=O)CCc2ccco2)C[C@H]1O. The number of furan rings is 1. The fourth-order valence-corrected chi connectivity index (χ4v) is 3.21. The van der Waals surface area contributed by atoms with Crippen molar-refractivity contribution >= 4 is 5.91 Å². The van der Waals surface area contributed by atoms with Crippen LogP contribution in [0.1, 0.15) is 30.9 Å². The number of amides is 1. The van der Waals surface area contributed by atoms with Gasteiger partial charge in [-0.1, -0.05) is 6.92 Å². The van der Waals surface area contributed by atoms with Crippen LogP contribution in [0.2, 0.25) is 0 Å². The van der Waals surface area contributed by atoms with Gasteiger partial charge in [0.1, 0.15) is 5.76 Å². The van der Waals surface area contributed by atoms with Gasteiger partial charge in [0.15, 0.2) is 0 Å². The minimum absolute atomic E-state index is 0.0302. The number of β-amino-alcohol motifs (C(OH)–C–C–N with tert-alkyl or cyclic N) is 1. The monoisotopic (exact) mass is 348 g/mol. The van der Waals surface area contributed by atoms with Gasteiger partial charge in [-0.3, -0.25) is 9.69 Å². The summed E-state index contributed by atoms with van der Waals surface area (Å²) in [7, 11) is 0. The number of aliphatic hydroxyl groups excluding tert-OH is 1. The Labute approximate surface area is 146 Å². The zero-order valence-corrected chi connectivity index (χ0v) is 14.6. The van der Waals surface area contributed by atoms with E-state index in [1.54, 1.807) is 18.1 Å². The molecule has 8 nitrogen and oxygen atoms in total. The fourth-order valence-electron chi connectivity index (χ4n) is 3.21. The molecule has 8 heteroatoms. The first kappa shape index (κ1) is 17.6. The van der Waals surface area contributed by atoms with E-state index in [4.69, 9.17) is 8.83 Å². The smallest absolute Gasteiger partial charge is 0.230 e. The molecular weight excluding hydrogens is 324 g/mol. The van der Waals surface area contributed by atoms with E-state index in [2.05, 4.69) is 15.1 Å². The molecule has 3 rings (SSSR count). The largest absolute Gasteiger partial charge is 0.469 e. The average molecular weight is 348 g/mol. The number of aryl methyl sites for hydroxylation is 2. The first-order valence-corrected chi connectivity index (χ1v) is 8.58. The van der Waals surface area contributed by atoms with Gasteiger partial charge in [-0.2, -0.15) is 0 Å². The van der Waals surface area contributed by atoms with E-state index in [1.807, 2.05) is 19.1 Å². The summed E-state index contributed by atoms with van der Waals surface area (Å²) in [6.45, 7) is 5.79. The molecule has 0 unspecified atom stereocenters. The van der Waals surface area contributed by atoms with Crippen LogP contribution in [0.4, 0.5) is 0 Å². The van der Waals surface area contributed by atoms with E-state index in [0.29, 0.717) is 44.3 Å². The maximum Gasteiger partial charge on any atom is 0.230 e. The van der Waals surface area contributed by atoms with Crippen molar-refractivity contribution in [2.45, 2.75) is 45.4 Å². The van der Waals surface area contributed by atoms with Crippen LogP contribution < -0.4 is 0 Å². The minimum atomic E-state index is -0.587. The van der Waals surface area contributed by atoms with Gasteiger partial charge in [0.05, 0.1) is 25.0 Å². The molecule has 2 aromatic heterocycles. The fraction of sp³-hybridized carbons (Fsp3) is 0.588. The highest BCUT2D eigenvalue weighted by Crippen LogP contribution is 2.20. The van der Waals surface area contributed by atoms with Crippen LogP contribution in [0, 0.1) is 6.92 Å². The molecule has 0 bridgehead atoms. The van der Waals surface area contributed by atoms with Gasteiger partial charge in [-0.05, 0) is 18.7 Å². The summed E-state index contributed by atoms with van der Waals surface area (Å²) >= 11 is 0. The van der Waals surface area contributed by atoms with Crippen LogP contribution in [0.15, 0.2) is 27.2 Å². The van der Waals surface area contributed by atoms with Gasteiger partial charge in [-0.15, -0.1) is 10.2 Å². The number of likely N-dealkylation sites (tertiary alicyclic amines) is 1. The quantitative estimate of drug-likeness (QED) is 0.797. The van der Waals surface area contributed by atoms with Crippen molar-refractivity contribution in [1.29, 1.82) is 0 Å². The highest BCUT2D eigenvalue weighted by Gasteiger charge is 2.37. The lowest BCUT2D eigenvalue weighted by molar-refractivity contribution is -0.130. The molecule has 0 aliphatic carbocycles. The van der Waals surface area contributed by atoms with Gasteiger partial charge in [0.25, 0.3) is 0 Å². The Bertz CT molecular complexity index is 685. The molecule has 1 fully saturated rings. The van der Waals surface area contributed by atoms with Crippen molar-refractivity contribution < 1.29 is 18.7 Å². The molecular formula is C17H24N4O4. The van der Waals surface area contributed by atoms with Crippen molar-refractivity contribution in [3.8, 4) is 0 Å². The van der Waals surface area contributed by atoms with Crippen LogP contribution in [0.25, 0.3) is 0 Å². The van der Waals surface area contributed by atoms with E-state index in [-0.39, 0.29) is 11.9 Å². The van der Waals surface area contributed by atoms with E-state index in [9.17, 15) is 9.90 Å². The molecule has 1 N–H and O–H groups in total. The summed E-state index contributed by atoms with van der Waals surface area (Å²) in [4.78, 5) is 16.2. The number of carbonyl (C=O) groups excluding carboxylic acids is 1. The maximum atomic E-state index is 12.4. The van der Waals surface area contributed by atoms with Crippen LogP contribution in [-0.2, 0) is 17.8 Å². The topological polar surface area (TPSA) is 95.8 Å². The van der Waals surface area contributed by atoms with E-state index >= 15 is 0 Å². The third-order valence-electron chi connectivity index (χ3n) is 4.56. The summed E-state index contributed by atoms with van der Waals surface area (Å²) < 4.78 is 10.7. The second-order valence-corrected chi connectivity index (χ2v) is 6.29. The van der Waals surface area contributed by atoms with Gasteiger partial charge < -0.3 is 18.8 Å². The lowest BCUT2D eigenvalue weighted by Gasteiger charge is -2.27. The number of aromatic nitrogens is 2. The number of nitrogens with zero attached hydrogens (tertiary/aromatic N) is 4. The number of rotatable bonds is 7. The Balaban J connectivity index is 1.56. The molecule has 2 atom stereocenters. The summed E-state index contributed by atoms with van der Waals surface area (Å²) in [5, 5.41) is 18.3.